The summed E-state index contributed by atoms with van der Waals surface area (Å²) in [4.78, 5) is 14.2. The van der Waals surface area contributed by atoms with Gasteiger partial charge < -0.3 is 9.42 Å². The fraction of sp³-hybridized carbons (Fsp3) is 0.714. The van der Waals surface area contributed by atoms with E-state index in [9.17, 15) is 4.79 Å². The van der Waals surface area contributed by atoms with Crippen molar-refractivity contribution in [3.8, 4) is 0 Å². The van der Waals surface area contributed by atoms with Crippen molar-refractivity contribution in [2.24, 2.45) is 5.92 Å². The van der Waals surface area contributed by atoms with Crippen LogP contribution < -0.4 is 0 Å². The Morgan fingerprint density at radius 3 is 3.06 bits per heavy atom. The molecule has 0 aromatic carbocycles. The summed E-state index contributed by atoms with van der Waals surface area (Å²) in [5.41, 5.74) is 1.08. The lowest BCUT2D eigenvalue weighted by Gasteiger charge is -2.28. The number of amides is 1. The maximum Gasteiger partial charge on any atom is 0.223 e. The van der Waals surface area contributed by atoms with Crippen LogP contribution >= 0.6 is 0 Å². The zero-order valence-corrected chi connectivity index (χ0v) is 10.7. The van der Waals surface area contributed by atoms with E-state index in [2.05, 4.69) is 5.16 Å². The molecule has 0 saturated heterocycles. The van der Waals surface area contributed by atoms with Crippen molar-refractivity contribution in [3.63, 3.8) is 0 Å². The molecule has 3 rings (SSSR count). The van der Waals surface area contributed by atoms with E-state index in [-0.39, 0.29) is 0 Å². The molecule has 0 radical (unpaired) electrons. The average Bonchev–Trinajstić information content (AvgIpc) is 2.87. The first-order valence-electron chi connectivity index (χ1n) is 7.03. The molecule has 1 fully saturated rings. The van der Waals surface area contributed by atoms with E-state index in [0.29, 0.717) is 18.4 Å². The van der Waals surface area contributed by atoms with Crippen LogP contribution in [0.3, 0.4) is 0 Å². The van der Waals surface area contributed by atoms with E-state index < -0.39 is 0 Å². The quantitative estimate of drug-likeness (QED) is 0.808. The maximum atomic E-state index is 12.3. The van der Waals surface area contributed by atoms with E-state index in [4.69, 9.17) is 4.52 Å². The summed E-state index contributed by atoms with van der Waals surface area (Å²) in [6.07, 6.45) is 9.71. The summed E-state index contributed by atoms with van der Waals surface area (Å²) in [6, 6.07) is 0. The van der Waals surface area contributed by atoms with Crippen LogP contribution in [0.25, 0.3) is 0 Å². The van der Waals surface area contributed by atoms with Gasteiger partial charge in [-0.15, -0.1) is 0 Å². The Balaban J connectivity index is 1.57. The molecule has 0 N–H and O–H groups in total. The summed E-state index contributed by atoms with van der Waals surface area (Å²) in [7, 11) is 0. The lowest BCUT2D eigenvalue weighted by atomic mass is 9.86. The Hall–Kier alpha value is -1.32. The Labute approximate surface area is 107 Å². The van der Waals surface area contributed by atoms with Crippen LogP contribution in [-0.4, -0.2) is 22.5 Å². The Kier molecular flexibility index (Phi) is 3.35. The molecule has 4 heteroatoms. The highest BCUT2D eigenvalue weighted by molar-refractivity contribution is 5.76. The third-order valence-electron chi connectivity index (χ3n) is 4.24. The predicted molar refractivity (Wildman–Crippen MR) is 66.8 cm³/mol. The van der Waals surface area contributed by atoms with Gasteiger partial charge >= 0.3 is 0 Å². The number of hydrogen-bond acceptors (Lipinski definition) is 3. The monoisotopic (exact) mass is 248 g/mol. The number of hydrogen-bond donors (Lipinski definition) is 0. The molecule has 1 aliphatic carbocycles. The lowest BCUT2D eigenvalue weighted by Crippen LogP contribution is -2.36. The van der Waals surface area contributed by atoms with E-state index in [1.165, 1.54) is 32.1 Å². The van der Waals surface area contributed by atoms with Gasteiger partial charge in [-0.25, -0.2) is 0 Å². The molecule has 0 unspecified atom stereocenters. The van der Waals surface area contributed by atoms with Crippen molar-refractivity contribution in [1.29, 1.82) is 0 Å². The summed E-state index contributed by atoms with van der Waals surface area (Å²) >= 11 is 0. The molecule has 4 nitrogen and oxygen atoms in total. The first kappa shape index (κ1) is 11.8. The van der Waals surface area contributed by atoms with Crippen LogP contribution in [0.4, 0.5) is 0 Å². The van der Waals surface area contributed by atoms with Crippen molar-refractivity contribution in [3.05, 3.63) is 17.5 Å². The Bertz CT molecular complexity index is 421. The van der Waals surface area contributed by atoms with E-state index in [1.54, 1.807) is 6.20 Å². The smallest absolute Gasteiger partial charge is 0.223 e. The average molecular weight is 248 g/mol. The van der Waals surface area contributed by atoms with Gasteiger partial charge in [0, 0.05) is 24.9 Å². The summed E-state index contributed by atoms with van der Waals surface area (Å²) in [6.45, 7) is 1.47. The van der Waals surface area contributed by atoms with Crippen molar-refractivity contribution < 1.29 is 9.32 Å². The molecular weight excluding hydrogens is 228 g/mol. The van der Waals surface area contributed by atoms with Gasteiger partial charge in [0.2, 0.25) is 5.91 Å². The highest BCUT2D eigenvalue weighted by Crippen LogP contribution is 2.28. The van der Waals surface area contributed by atoms with Crippen LogP contribution in [0, 0.1) is 5.92 Å². The number of aromatic nitrogens is 1. The molecule has 0 atom stereocenters. The van der Waals surface area contributed by atoms with Gasteiger partial charge in [-0.3, -0.25) is 4.79 Å². The van der Waals surface area contributed by atoms with Gasteiger partial charge in [0.05, 0.1) is 12.7 Å². The molecule has 1 aromatic heterocycles. The minimum atomic E-state index is 0.314. The summed E-state index contributed by atoms with van der Waals surface area (Å²) in [5.74, 6) is 1.89. The number of nitrogens with zero attached hydrogens (tertiary/aromatic N) is 2. The van der Waals surface area contributed by atoms with Crippen LogP contribution in [-0.2, 0) is 17.8 Å². The second-order valence-corrected chi connectivity index (χ2v) is 5.55. The first-order chi connectivity index (χ1) is 8.83. The largest absolute Gasteiger partial charge is 0.361 e. The molecule has 2 aliphatic rings. The molecule has 1 aliphatic heterocycles. The predicted octanol–water partition coefficient (Wildman–Crippen LogP) is 2.53. The Morgan fingerprint density at radius 2 is 2.22 bits per heavy atom. The molecule has 0 spiro atoms. The topological polar surface area (TPSA) is 46.3 Å². The molecular formula is C14H20N2O2. The second kappa shape index (κ2) is 5.12. The lowest BCUT2D eigenvalue weighted by molar-refractivity contribution is -0.133. The zero-order valence-electron chi connectivity index (χ0n) is 10.7. The highest BCUT2D eigenvalue weighted by Gasteiger charge is 2.25. The van der Waals surface area contributed by atoms with E-state index in [1.807, 2.05) is 4.90 Å². The van der Waals surface area contributed by atoms with E-state index in [0.717, 1.165) is 30.7 Å². The second-order valence-electron chi connectivity index (χ2n) is 5.55. The van der Waals surface area contributed by atoms with Crippen molar-refractivity contribution >= 4 is 5.91 Å². The number of carbonyl (C=O) groups is 1. The molecule has 1 aromatic rings. The number of fused-ring (bicyclic) bond motifs is 1. The summed E-state index contributed by atoms with van der Waals surface area (Å²) < 4.78 is 5.15. The summed E-state index contributed by atoms with van der Waals surface area (Å²) in [5, 5.41) is 3.80. The van der Waals surface area contributed by atoms with Gasteiger partial charge in [-0.2, -0.15) is 0 Å². The van der Waals surface area contributed by atoms with Crippen molar-refractivity contribution in [2.75, 3.05) is 6.54 Å². The van der Waals surface area contributed by atoms with Gasteiger partial charge in [-0.1, -0.05) is 24.4 Å². The normalized spacial score (nSPS) is 20.8. The van der Waals surface area contributed by atoms with Gasteiger partial charge in [0.25, 0.3) is 0 Å². The third kappa shape index (κ3) is 2.42. The maximum absolute atomic E-state index is 12.3. The van der Waals surface area contributed by atoms with Crippen LogP contribution in [0.15, 0.2) is 10.7 Å². The molecule has 18 heavy (non-hydrogen) atoms. The van der Waals surface area contributed by atoms with E-state index >= 15 is 0 Å². The first-order valence-corrected chi connectivity index (χ1v) is 7.03. The van der Waals surface area contributed by atoms with Crippen LogP contribution in [0.5, 0.6) is 0 Å². The van der Waals surface area contributed by atoms with Gasteiger partial charge in [0.1, 0.15) is 5.76 Å². The highest BCUT2D eigenvalue weighted by atomic mass is 16.5. The zero-order chi connectivity index (χ0) is 12.4. The molecule has 0 bridgehead atoms. The SMILES string of the molecule is O=C(CC1CCCCC1)N1CCc2oncc2C1. The van der Waals surface area contributed by atoms with Crippen LogP contribution in [0.2, 0.25) is 0 Å². The molecule has 1 saturated carbocycles. The minimum Gasteiger partial charge on any atom is -0.361 e. The molecule has 98 valence electrons. The fourth-order valence-corrected chi connectivity index (χ4v) is 3.12. The molecule has 2 heterocycles. The number of rotatable bonds is 2. The van der Waals surface area contributed by atoms with Gasteiger partial charge in [-0.05, 0) is 18.8 Å². The fourth-order valence-electron chi connectivity index (χ4n) is 3.12. The third-order valence-corrected chi connectivity index (χ3v) is 4.24. The molecule has 1 amide bonds. The van der Waals surface area contributed by atoms with Crippen molar-refractivity contribution in [2.45, 2.75) is 51.5 Å². The van der Waals surface area contributed by atoms with Gasteiger partial charge in [0.15, 0.2) is 0 Å². The van der Waals surface area contributed by atoms with Crippen molar-refractivity contribution in [1.82, 2.24) is 10.1 Å². The van der Waals surface area contributed by atoms with Crippen LogP contribution in [0.1, 0.15) is 49.8 Å². The Morgan fingerprint density at radius 1 is 1.39 bits per heavy atom. The number of carbonyl (C=O) groups excluding carboxylic acids is 1. The minimum absolute atomic E-state index is 0.314. The standard InChI is InChI=1S/C14H20N2O2/c17-14(8-11-4-2-1-3-5-11)16-7-6-13-12(10-16)9-15-18-13/h9,11H,1-8,10H2.